The second-order valence-corrected chi connectivity index (χ2v) is 5.52. The van der Waals surface area contributed by atoms with E-state index in [1.165, 1.54) is 5.56 Å². The number of benzene rings is 2. The SMILES string of the molecule is Cc1cc(Cl)ccc1NC(=O)C(N)CCc1ccccc1. The van der Waals surface area contributed by atoms with Gasteiger partial charge in [-0.15, -0.1) is 0 Å². The third-order valence-corrected chi connectivity index (χ3v) is 3.61. The summed E-state index contributed by atoms with van der Waals surface area (Å²) in [6.07, 6.45) is 1.40. The van der Waals surface area contributed by atoms with Gasteiger partial charge in [0.25, 0.3) is 0 Å². The van der Waals surface area contributed by atoms with Crippen molar-refractivity contribution in [3.63, 3.8) is 0 Å². The minimum Gasteiger partial charge on any atom is -0.324 e. The molecule has 2 aromatic carbocycles. The van der Waals surface area contributed by atoms with Gasteiger partial charge in [-0.3, -0.25) is 4.79 Å². The first-order valence-electron chi connectivity index (χ1n) is 6.93. The number of hydrogen-bond acceptors (Lipinski definition) is 2. The maximum Gasteiger partial charge on any atom is 0.241 e. The summed E-state index contributed by atoms with van der Waals surface area (Å²) in [5, 5.41) is 3.50. The number of rotatable bonds is 5. The number of hydrogen-bond donors (Lipinski definition) is 2. The van der Waals surface area contributed by atoms with Crippen molar-refractivity contribution in [2.45, 2.75) is 25.8 Å². The van der Waals surface area contributed by atoms with Gasteiger partial charge < -0.3 is 11.1 Å². The standard InChI is InChI=1S/C17H19ClN2O/c1-12-11-14(18)8-10-16(12)20-17(21)15(19)9-7-13-5-3-2-4-6-13/h2-6,8,10-11,15H,7,9,19H2,1H3,(H,20,21). The molecule has 0 heterocycles. The number of anilines is 1. The quantitative estimate of drug-likeness (QED) is 0.887. The highest BCUT2D eigenvalue weighted by Crippen LogP contribution is 2.19. The fourth-order valence-electron chi connectivity index (χ4n) is 2.09. The van der Waals surface area contributed by atoms with Crippen LogP contribution in [0.25, 0.3) is 0 Å². The molecule has 0 saturated carbocycles. The highest BCUT2D eigenvalue weighted by atomic mass is 35.5. The second-order valence-electron chi connectivity index (χ2n) is 5.08. The third-order valence-electron chi connectivity index (χ3n) is 3.37. The molecule has 110 valence electrons. The van der Waals surface area contributed by atoms with Crippen molar-refractivity contribution < 1.29 is 4.79 Å². The number of nitrogens with two attached hydrogens (primary N) is 1. The number of aryl methyl sites for hydroxylation is 2. The van der Waals surface area contributed by atoms with Crippen LogP contribution in [0.4, 0.5) is 5.69 Å². The van der Waals surface area contributed by atoms with Gasteiger partial charge in [0.1, 0.15) is 0 Å². The van der Waals surface area contributed by atoms with Crippen LogP contribution in [-0.2, 0) is 11.2 Å². The van der Waals surface area contributed by atoms with E-state index < -0.39 is 6.04 Å². The molecule has 0 aromatic heterocycles. The maximum absolute atomic E-state index is 12.1. The largest absolute Gasteiger partial charge is 0.324 e. The Kier molecular flexibility index (Phi) is 5.37. The summed E-state index contributed by atoms with van der Waals surface area (Å²) in [7, 11) is 0. The Hall–Kier alpha value is -1.84. The van der Waals surface area contributed by atoms with Gasteiger partial charge >= 0.3 is 0 Å². The Bertz CT molecular complexity index is 613. The predicted molar refractivity (Wildman–Crippen MR) is 87.6 cm³/mol. The summed E-state index contributed by atoms with van der Waals surface area (Å²) >= 11 is 5.90. The molecule has 0 radical (unpaired) electrons. The van der Waals surface area contributed by atoms with E-state index in [2.05, 4.69) is 5.32 Å². The van der Waals surface area contributed by atoms with Gasteiger partial charge in [0.2, 0.25) is 5.91 Å². The third kappa shape index (κ3) is 4.59. The van der Waals surface area contributed by atoms with Crippen LogP contribution >= 0.6 is 11.6 Å². The molecule has 3 nitrogen and oxygen atoms in total. The van der Waals surface area contributed by atoms with Crippen LogP contribution in [0.15, 0.2) is 48.5 Å². The molecule has 0 aliphatic heterocycles. The van der Waals surface area contributed by atoms with E-state index in [-0.39, 0.29) is 5.91 Å². The molecule has 3 N–H and O–H groups in total. The molecule has 0 fully saturated rings. The molecule has 4 heteroatoms. The monoisotopic (exact) mass is 302 g/mol. The zero-order chi connectivity index (χ0) is 15.2. The first kappa shape index (κ1) is 15.5. The lowest BCUT2D eigenvalue weighted by Crippen LogP contribution is -2.36. The van der Waals surface area contributed by atoms with Gasteiger partial charge in [-0.2, -0.15) is 0 Å². The number of nitrogens with one attached hydrogen (secondary N) is 1. The van der Waals surface area contributed by atoms with Crippen molar-refractivity contribution >= 4 is 23.2 Å². The Morgan fingerprint density at radius 2 is 1.95 bits per heavy atom. The summed E-state index contributed by atoms with van der Waals surface area (Å²) in [5.74, 6) is -0.170. The molecular formula is C17H19ClN2O. The molecule has 1 amide bonds. The van der Waals surface area contributed by atoms with Crippen molar-refractivity contribution in [1.29, 1.82) is 0 Å². The van der Waals surface area contributed by atoms with Gasteiger partial charge in [-0.25, -0.2) is 0 Å². The minimum atomic E-state index is -0.528. The molecule has 2 rings (SSSR count). The Balaban J connectivity index is 1.90. The van der Waals surface area contributed by atoms with E-state index in [4.69, 9.17) is 17.3 Å². The van der Waals surface area contributed by atoms with Crippen molar-refractivity contribution in [1.82, 2.24) is 0 Å². The van der Waals surface area contributed by atoms with Crippen LogP contribution in [-0.4, -0.2) is 11.9 Å². The number of amides is 1. The zero-order valence-electron chi connectivity index (χ0n) is 12.0. The summed E-state index contributed by atoms with van der Waals surface area (Å²) in [6.45, 7) is 1.90. The van der Waals surface area contributed by atoms with Crippen LogP contribution in [0.2, 0.25) is 5.02 Å². The van der Waals surface area contributed by atoms with Gasteiger partial charge in [0, 0.05) is 10.7 Å². The highest BCUT2D eigenvalue weighted by Gasteiger charge is 2.14. The van der Waals surface area contributed by atoms with Gasteiger partial charge in [-0.05, 0) is 49.1 Å². The molecule has 1 atom stereocenters. The van der Waals surface area contributed by atoms with E-state index in [1.807, 2.05) is 43.3 Å². The van der Waals surface area contributed by atoms with Crippen molar-refractivity contribution in [3.8, 4) is 0 Å². The summed E-state index contributed by atoms with van der Waals surface area (Å²) in [6, 6.07) is 14.8. The van der Waals surface area contributed by atoms with Gasteiger partial charge in [-0.1, -0.05) is 41.9 Å². The summed E-state index contributed by atoms with van der Waals surface area (Å²) in [4.78, 5) is 12.1. The average Bonchev–Trinajstić information content (AvgIpc) is 2.48. The van der Waals surface area contributed by atoms with Crippen LogP contribution < -0.4 is 11.1 Å². The normalized spacial score (nSPS) is 12.0. The fourth-order valence-corrected chi connectivity index (χ4v) is 2.32. The number of carbonyl (C=O) groups is 1. The minimum absolute atomic E-state index is 0.170. The maximum atomic E-state index is 12.1. The Morgan fingerprint density at radius 3 is 2.62 bits per heavy atom. The van der Waals surface area contributed by atoms with E-state index in [1.54, 1.807) is 12.1 Å². The molecule has 0 bridgehead atoms. The smallest absolute Gasteiger partial charge is 0.241 e. The molecule has 0 aliphatic carbocycles. The Morgan fingerprint density at radius 1 is 1.24 bits per heavy atom. The van der Waals surface area contributed by atoms with Crippen molar-refractivity contribution in [2.24, 2.45) is 5.73 Å². The average molecular weight is 303 g/mol. The molecule has 1 unspecified atom stereocenters. The highest BCUT2D eigenvalue weighted by molar-refractivity contribution is 6.30. The molecular weight excluding hydrogens is 284 g/mol. The first-order valence-corrected chi connectivity index (χ1v) is 7.30. The number of carbonyl (C=O) groups excluding carboxylic acids is 1. The lowest BCUT2D eigenvalue weighted by molar-refractivity contribution is -0.117. The van der Waals surface area contributed by atoms with E-state index in [9.17, 15) is 4.79 Å². The van der Waals surface area contributed by atoms with Crippen LogP contribution in [0.3, 0.4) is 0 Å². The van der Waals surface area contributed by atoms with Gasteiger partial charge in [0.05, 0.1) is 6.04 Å². The van der Waals surface area contributed by atoms with Crippen LogP contribution in [0, 0.1) is 6.92 Å². The molecule has 2 aromatic rings. The Labute approximate surface area is 130 Å². The van der Waals surface area contributed by atoms with E-state index in [0.717, 1.165) is 17.7 Å². The van der Waals surface area contributed by atoms with Crippen molar-refractivity contribution in [2.75, 3.05) is 5.32 Å². The predicted octanol–water partition coefficient (Wildman–Crippen LogP) is 3.55. The van der Waals surface area contributed by atoms with E-state index in [0.29, 0.717) is 11.4 Å². The lowest BCUT2D eigenvalue weighted by Gasteiger charge is -2.14. The lowest BCUT2D eigenvalue weighted by atomic mass is 10.1. The summed E-state index contributed by atoms with van der Waals surface area (Å²) < 4.78 is 0. The first-order chi connectivity index (χ1) is 10.1. The topological polar surface area (TPSA) is 55.1 Å². The summed E-state index contributed by atoms with van der Waals surface area (Å²) in [5.41, 5.74) is 8.81. The fraction of sp³-hybridized carbons (Fsp3) is 0.235. The van der Waals surface area contributed by atoms with Crippen molar-refractivity contribution in [3.05, 3.63) is 64.7 Å². The van der Waals surface area contributed by atoms with E-state index >= 15 is 0 Å². The molecule has 0 aliphatic rings. The zero-order valence-corrected chi connectivity index (χ0v) is 12.7. The van der Waals surface area contributed by atoms with Crippen LogP contribution in [0.1, 0.15) is 17.5 Å². The number of halogens is 1. The van der Waals surface area contributed by atoms with Gasteiger partial charge in [0.15, 0.2) is 0 Å². The molecule has 0 saturated heterocycles. The molecule has 21 heavy (non-hydrogen) atoms. The molecule has 0 spiro atoms. The van der Waals surface area contributed by atoms with Crippen LogP contribution in [0.5, 0.6) is 0 Å². The second kappa shape index (κ2) is 7.25.